The Labute approximate surface area is 112 Å². The molecule has 0 aromatic heterocycles. The number of benzene rings is 1. The smallest absolute Gasteiger partial charge is 0.305 e. The molecule has 104 valence electrons. The molecular formula is C14H20N2O3. The molecule has 0 radical (unpaired) electrons. The van der Waals surface area contributed by atoms with Gasteiger partial charge in [-0.2, -0.15) is 0 Å². The van der Waals surface area contributed by atoms with Gasteiger partial charge in [0.05, 0.1) is 6.42 Å². The van der Waals surface area contributed by atoms with Crippen molar-refractivity contribution in [2.75, 3.05) is 0 Å². The maximum absolute atomic E-state index is 12.2. The molecule has 0 saturated carbocycles. The first-order valence-electron chi connectivity index (χ1n) is 6.04. The second-order valence-corrected chi connectivity index (χ2v) is 5.48. The second-order valence-electron chi connectivity index (χ2n) is 5.48. The minimum Gasteiger partial charge on any atom is -0.481 e. The highest BCUT2D eigenvalue weighted by molar-refractivity contribution is 5.88. The molecule has 0 aliphatic carbocycles. The van der Waals surface area contributed by atoms with Gasteiger partial charge in [0.15, 0.2) is 0 Å². The van der Waals surface area contributed by atoms with Crippen molar-refractivity contribution in [1.29, 1.82) is 0 Å². The zero-order valence-corrected chi connectivity index (χ0v) is 11.4. The summed E-state index contributed by atoms with van der Waals surface area (Å²) in [6.45, 7) is 4.91. The minimum absolute atomic E-state index is 0.163. The summed E-state index contributed by atoms with van der Waals surface area (Å²) >= 11 is 0. The largest absolute Gasteiger partial charge is 0.481 e. The number of hydrogen-bond acceptors (Lipinski definition) is 3. The van der Waals surface area contributed by atoms with Crippen molar-refractivity contribution < 1.29 is 14.7 Å². The third-order valence-corrected chi connectivity index (χ3v) is 2.89. The van der Waals surface area contributed by atoms with Crippen LogP contribution in [0.2, 0.25) is 0 Å². The van der Waals surface area contributed by atoms with Gasteiger partial charge < -0.3 is 16.2 Å². The summed E-state index contributed by atoms with van der Waals surface area (Å²) in [5, 5.41) is 11.5. The molecular weight excluding hydrogens is 244 g/mol. The van der Waals surface area contributed by atoms with Crippen molar-refractivity contribution >= 4 is 11.9 Å². The Morgan fingerprint density at radius 3 is 2.21 bits per heavy atom. The van der Waals surface area contributed by atoms with E-state index >= 15 is 0 Å². The Hall–Kier alpha value is -1.88. The van der Waals surface area contributed by atoms with E-state index in [1.54, 1.807) is 45.0 Å². The van der Waals surface area contributed by atoms with E-state index in [-0.39, 0.29) is 6.42 Å². The molecule has 5 nitrogen and oxygen atoms in total. The number of carbonyl (C=O) groups is 2. The van der Waals surface area contributed by atoms with Gasteiger partial charge in [-0.05, 0) is 26.3 Å². The van der Waals surface area contributed by atoms with E-state index < -0.39 is 23.0 Å². The highest BCUT2D eigenvalue weighted by atomic mass is 16.4. The fourth-order valence-corrected chi connectivity index (χ4v) is 1.77. The molecule has 5 heteroatoms. The number of carboxylic acids is 1. The first-order chi connectivity index (χ1) is 8.65. The molecule has 0 spiro atoms. The highest BCUT2D eigenvalue weighted by Crippen LogP contribution is 2.19. The standard InChI is InChI=1S/C14H20N2O3/c1-13(2,9-11(17)18)16-12(19)14(3,15)10-7-5-4-6-8-10/h4-8H,9,15H2,1-3H3,(H,16,19)(H,17,18). The average molecular weight is 264 g/mol. The van der Waals surface area contributed by atoms with Crippen LogP contribution in [0.4, 0.5) is 0 Å². The van der Waals surface area contributed by atoms with Gasteiger partial charge in [-0.25, -0.2) is 0 Å². The Bertz CT molecular complexity index is 467. The van der Waals surface area contributed by atoms with Crippen molar-refractivity contribution in [3.05, 3.63) is 35.9 Å². The Morgan fingerprint density at radius 2 is 1.74 bits per heavy atom. The van der Waals surface area contributed by atoms with Crippen molar-refractivity contribution in [1.82, 2.24) is 5.32 Å². The lowest BCUT2D eigenvalue weighted by Gasteiger charge is -2.31. The molecule has 1 rings (SSSR count). The molecule has 0 fully saturated rings. The normalized spacial score (nSPS) is 14.5. The molecule has 0 bridgehead atoms. The topological polar surface area (TPSA) is 92.4 Å². The van der Waals surface area contributed by atoms with Crippen LogP contribution in [0.15, 0.2) is 30.3 Å². The van der Waals surface area contributed by atoms with Gasteiger partial charge in [0, 0.05) is 5.54 Å². The Kier molecular flexibility index (Phi) is 4.32. The van der Waals surface area contributed by atoms with Gasteiger partial charge in [0.2, 0.25) is 5.91 Å². The van der Waals surface area contributed by atoms with Crippen molar-refractivity contribution in [3.8, 4) is 0 Å². The summed E-state index contributed by atoms with van der Waals surface area (Å²) < 4.78 is 0. The average Bonchev–Trinajstić information content (AvgIpc) is 2.27. The highest BCUT2D eigenvalue weighted by Gasteiger charge is 2.34. The molecule has 1 aromatic carbocycles. The van der Waals surface area contributed by atoms with Crippen molar-refractivity contribution in [2.24, 2.45) is 5.73 Å². The van der Waals surface area contributed by atoms with Gasteiger partial charge in [-0.1, -0.05) is 30.3 Å². The summed E-state index contributed by atoms with van der Waals surface area (Å²) in [5.41, 5.74) is 4.69. The number of amides is 1. The number of rotatable bonds is 5. The molecule has 1 unspecified atom stereocenters. The lowest BCUT2D eigenvalue weighted by atomic mass is 9.90. The fraction of sp³-hybridized carbons (Fsp3) is 0.429. The van der Waals surface area contributed by atoms with Crippen LogP contribution >= 0.6 is 0 Å². The van der Waals surface area contributed by atoms with E-state index in [0.717, 1.165) is 0 Å². The Balaban J connectivity index is 2.86. The fourth-order valence-electron chi connectivity index (χ4n) is 1.77. The molecule has 1 amide bonds. The second kappa shape index (κ2) is 5.40. The monoisotopic (exact) mass is 264 g/mol. The van der Waals surface area contributed by atoms with Crippen molar-refractivity contribution in [2.45, 2.75) is 38.3 Å². The predicted molar refractivity (Wildman–Crippen MR) is 72.5 cm³/mol. The van der Waals surface area contributed by atoms with Gasteiger partial charge in [0.1, 0.15) is 5.54 Å². The first kappa shape index (κ1) is 15.2. The van der Waals surface area contributed by atoms with Crippen LogP contribution in [0.3, 0.4) is 0 Å². The van der Waals surface area contributed by atoms with Crippen molar-refractivity contribution in [3.63, 3.8) is 0 Å². The van der Waals surface area contributed by atoms with E-state index in [1.807, 2.05) is 6.07 Å². The third-order valence-electron chi connectivity index (χ3n) is 2.89. The lowest BCUT2D eigenvalue weighted by molar-refractivity contribution is -0.139. The number of hydrogen-bond donors (Lipinski definition) is 3. The van der Waals surface area contributed by atoms with Gasteiger partial charge >= 0.3 is 5.97 Å². The lowest BCUT2D eigenvalue weighted by Crippen LogP contribution is -2.55. The quantitative estimate of drug-likeness (QED) is 0.745. The van der Waals surface area contributed by atoms with Crippen LogP contribution in [-0.4, -0.2) is 22.5 Å². The SMILES string of the molecule is CC(C)(CC(=O)O)NC(=O)C(C)(N)c1ccccc1. The Morgan fingerprint density at radius 1 is 1.21 bits per heavy atom. The van der Waals surface area contributed by atoms with Crippen LogP contribution < -0.4 is 11.1 Å². The van der Waals surface area contributed by atoms with E-state index in [1.165, 1.54) is 0 Å². The summed E-state index contributed by atoms with van der Waals surface area (Å²) in [4.78, 5) is 23.0. The third kappa shape index (κ3) is 4.06. The van der Waals surface area contributed by atoms with Gasteiger partial charge in [-0.15, -0.1) is 0 Å². The molecule has 1 aromatic rings. The molecule has 4 N–H and O–H groups in total. The summed E-state index contributed by atoms with van der Waals surface area (Å²) in [5.74, 6) is -1.37. The van der Waals surface area contributed by atoms with Crippen LogP contribution in [-0.2, 0) is 15.1 Å². The maximum atomic E-state index is 12.2. The molecule has 0 saturated heterocycles. The summed E-state index contributed by atoms with van der Waals surface area (Å²) in [7, 11) is 0. The van der Waals surface area contributed by atoms with E-state index in [0.29, 0.717) is 5.56 Å². The zero-order chi connectivity index (χ0) is 14.7. The molecule has 0 heterocycles. The van der Waals surface area contributed by atoms with Crippen LogP contribution in [0.25, 0.3) is 0 Å². The number of nitrogens with two attached hydrogens (primary N) is 1. The zero-order valence-electron chi connectivity index (χ0n) is 11.4. The number of carbonyl (C=O) groups excluding carboxylic acids is 1. The van der Waals surface area contributed by atoms with E-state index in [4.69, 9.17) is 10.8 Å². The van der Waals surface area contributed by atoms with E-state index in [2.05, 4.69) is 5.32 Å². The number of aliphatic carboxylic acids is 1. The van der Waals surface area contributed by atoms with Gasteiger partial charge in [-0.3, -0.25) is 9.59 Å². The predicted octanol–water partition coefficient (Wildman–Crippen LogP) is 1.23. The molecule has 1 atom stereocenters. The molecule has 0 aliphatic heterocycles. The number of carboxylic acid groups (broad SMARTS) is 1. The minimum atomic E-state index is -1.20. The summed E-state index contributed by atoms with van der Waals surface area (Å²) in [6.07, 6.45) is -0.163. The number of nitrogens with one attached hydrogen (secondary N) is 1. The summed E-state index contributed by atoms with van der Waals surface area (Å²) in [6, 6.07) is 8.98. The van der Waals surface area contributed by atoms with Crippen LogP contribution in [0.1, 0.15) is 32.8 Å². The molecule has 19 heavy (non-hydrogen) atoms. The first-order valence-corrected chi connectivity index (χ1v) is 6.04. The van der Waals surface area contributed by atoms with Gasteiger partial charge in [0.25, 0.3) is 0 Å². The molecule has 0 aliphatic rings. The van der Waals surface area contributed by atoms with Crippen LogP contribution in [0.5, 0.6) is 0 Å². The maximum Gasteiger partial charge on any atom is 0.305 e. The van der Waals surface area contributed by atoms with Crippen LogP contribution in [0, 0.1) is 0 Å². The van der Waals surface area contributed by atoms with E-state index in [9.17, 15) is 9.59 Å².